The summed E-state index contributed by atoms with van der Waals surface area (Å²) >= 11 is 3.27. The van der Waals surface area contributed by atoms with Gasteiger partial charge in [0, 0.05) is 5.33 Å². The highest BCUT2D eigenvalue weighted by Gasteiger charge is 2.48. The molecule has 1 saturated heterocycles. The minimum absolute atomic E-state index is 0.203. The van der Waals surface area contributed by atoms with Crippen LogP contribution in [-0.2, 0) is 25.6 Å². The largest absolute Gasteiger partial charge is 0.450 e. The van der Waals surface area contributed by atoms with Gasteiger partial charge in [0.15, 0.2) is 12.4 Å². The molecule has 1 fully saturated rings. The first-order valence-corrected chi connectivity index (χ1v) is 10.8. The fourth-order valence-electron chi connectivity index (χ4n) is 3.20. The third-order valence-electron chi connectivity index (χ3n) is 4.69. The van der Waals surface area contributed by atoms with E-state index in [2.05, 4.69) is 15.9 Å². The molecule has 2 aromatic rings. The molecule has 162 valence electrons. The van der Waals surface area contributed by atoms with Gasteiger partial charge in [0.2, 0.25) is 0 Å². The molecular weight excluding hydrogens is 456 g/mol. The molecule has 30 heavy (non-hydrogen) atoms. The lowest BCUT2D eigenvalue weighted by Gasteiger charge is -2.43. The molecule has 8 heteroatoms. The highest BCUT2D eigenvalue weighted by molar-refractivity contribution is 9.09. The number of alkyl halides is 1. The molecule has 5 atom stereocenters. The topological polar surface area (TPSA) is 94.5 Å². The Hall–Kier alpha value is -1.81. The Morgan fingerprint density at radius 2 is 1.67 bits per heavy atom. The number of carbonyl (C=O) groups excluding carboxylic acids is 1. The molecule has 0 unspecified atom stereocenters. The number of benzene rings is 2. The van der Waals surface area contributed by atoms with Crippen LogP contribution in [0.2, 0.25) is 0 Å². The maximum atomic E-state index is 12.6. The van der Waals surface area contributed by atoms with Crippen molar-refractivity contribution in [3.8, 4) is 0 Å². The van der Waals surface area contributed by atoms with Crippen LogP contribution in [0.25, 0.3) is 0 Å². The molecule has 0 aromatic heterocycles. The first kappa shape index (κ1) is 22.9. The van der Waals surface area contributed by atoms with Gasteiger partial charge >= 0.3 is 5.97 Å². The first-order chi connectivity index (χ1) is 14.6. The van der Waals surface area contributed by atoms with Gasteiger partial charge in [-0.2, -0.15) is 0 Å². The van der Waals surface area contributed by atoms with E-state index in [0.717, 1.165) is 5.56 Å². The Labute approximate surface area is 183 Å². The smallest absolute Gasteiger partial charge is 0.338 e. The number of aliphatic hydroxyl groups is 2. The molecule has 0 aliphatic carbocycles. The molecule has 1 heterocycles. The zero-order valence-corrected chi connectivity index (χ0v) is 17.9. The van der Waals surface area contributed by atoms with Gasteiger partial charge in [0.05, 0.1) is 25.4 Å². The second kappa shape index (κ2) is 11.5. The summed E-state index contributed by atoms with van der Waals surface area (Å²) < 4.78 is 22.8. The van der Waals surface area contributed by atoms with Crippen LogP contribution >= 0.6 is 15.9 Å². The molecule has 0 saturated carbocycles. The van der Waals surface area contributed by atoms with Crippen LogP contribution in [-0.4, -0.2) is 65.4 Å². The quantitative estimate of drug-likeness (QED) is 0.419. The molecule has 0 amide bonds. The summed E-state index contributed by atoms with van der Waals surface area (Å²) in [7, 11) is 0. The Kier molecular flexibility index (Phi) is 8.80. The maximum absolute atomic E-state index is 12.6. The van der Waals surface area contributed by atoms with E-state index < -0.39 is 36.7 Å². The predicted octanol–water partition coefficient (Wildman–Crippen LogP) is 2.29. The average Bonchev–Trinajstić information content (AvgIpc) is 2.79. The summed E-state index contributed by atoms with van der Waals surface area (Å²) in [5, 5.41) is 21.3. The van der Waals surface area contributed by atoms with Gasteiger partial charge in [-0.25, -0.2) is 4.79 Å². The summed E-state index contributed by atoms with van der Waals surface area (Å²) in [6.45, 7) is 0.0865. The summed E-state index contributed by atoms with van der Waals surface area (Å²) in [6.07, 6.45) is -5.17. The lowest BCUT2D eigenvalue weighted by Crippen LogP contribution is -2.61. The van der Waals surface area contributed by atoms with Crippen LogP contribution in [0.3, 0.4) is 0 Å². The molecule has 7 nitrogen and oxygen atoms in total. The lowest BCUT2D eigenvalue weighted by molar-refractivity contribution is -0.306. The van der Waals surface area contributed by atoms with Crippen molar-refractivity contribution in [1.29, 1.82) is 0 Å². The molecule has 1 aliphatic heterocycles. The van der Waals surface area contributed by atoms with E-state index in [1.807, 2.05) is 30.3 Å². The second-order valence-corrected chi connectivity index (χ2v) is 7.57. The normalized spacial score (nSPS) is 26.3. The second-order valence-electron chi connectivity index (χ2n) is 6.77. The van der Waals surface area contributed by atoms with E-state index in [4.69, 9.17) is 18.9 Å². The van der Waals surface area contributed by atoms with Crippen LogP contribution in [0, 0.1) is 0 Å². The molecule has 0 bridgehead atoms. The van der Waals surface area contributed by atoms with E-state index in [1.54, 1.807) is 30.3 Å². The number of aliphatic hydroxyl groups excluding tert-OH is 2. The number of ether oxygens (including phenoxy) is 4. The van der Waals surface area contributed by atoms with Gasteiger partial charge in [-0.3, -0.25) is 0 Å². The van der Waals surface area contributed by atoms with Crippen molar-refractivity contribution >= 4 is 21.9 Å². The summed E-state index contributed by atoms with van der Waals surface area (Å²) in [5.74, 6) is -0.611. The fourth-order valence-corrected chi connectivity index (χ4v) is 3.39. The van der Waals surface area contributed by atoms with Crippen LogP contribution in [0.1, 0.15) is 15.9 Å². The number of rotatable bonds is 9. The van der Waals surface area contributed by atoms with Crippen molar-refractivity contribution in [3.63, 3.8) is 0 Å². The van der Waals surface area contributed by atoms with Gasteiger partial charge in [-0.15, -0.1) is 0 Å². The highest BCUT2D eigenvalue weighted by atomic mass is 79.9. The van der Waals surface area contributed by atoms with Gasteiger partial charge in [-0.05, 0) is 17.7 Å². The Morgan fingerprint density at radius 3 is 2.30 bits per heavy atom. The van der Waals surface area contributed by atoms with Gasteiger partial charge < -0.3 is 29.2 Å². The van der Waals surface area contributed by atoms with E-state index >= 15 is 0 Å². The Bertz CT molecular complexity index is 774. The minimum Gasteiger partial charge on any atom is -0.450 e. The molecular formula is C22H25BrO7. The summed E-state index contributed by atoms with van der Waals surface area (Å²) in [4.78, 5) is 12.6. The standard InChI is InChI=1S/C22H25BrO7/c23-11-12-27-22-20(30-21(26)16-9-5-2-6-10-16)18(25)19(17(13-24)29-22)28-14-15-7-3-1-4-8-15/h1-10,17-20,22,24-25H,11-14H2/t17-,18+,19-,20-,22-/m1/s1. The maximum Gasteiger partial charge on any atom is 0.338 e. The number of hydrogen-bond donors (Lipinski definition) is 2. The van der Waals surface area contributed by atoms with E-state index in [-0.39, 0.29) is 19.8 Å². The third kappa shape index (κ3) is 5.87. The van der Waals surface area contributed by atoms with E-state index in [0.29, 0.717) is 10.9 Å². The van der Waals surface area contributed by atoms with Gasteiger partial charge in [0.1, 0.15) is 18.3 Å². The number of esters is 1. The van der Waals surface area contributed by atoms with Gasteiger partial charge in [0.25, 0.3) is 0 Å². The number of hydrogen-bond acceptors (Lipinski definition) is 7. The van der Waals surface area contributed by atoms with Crippen LogP contribution in [0.5, 0.6) is 0 Å². The molecule has 0 radical (unpaired) electrons. The average molecular weight is 481 g/mol. The molecule has 2 N–H and O–H groups in total. The molecule has 0 spiro atoms. The fraction of sp³-hybridized carbons (Fsp3) is 0.409. The molecule has 3 rings (SSSR count). The first-order valence-electron chi connectivity index (χ1n) is 9.67. The van der Waals surface area contributed by atoms with Crippen LogP contribution in [0.4, 0.5) is 0 Å². The van der Waals surface area contributed by atoms with Crippen molar-refractivity contribution < 1.29 is 34.0 Å². The highest BCUT2D eigenvalue weighted by Crippen LogP contribution is 2.28. The Balaban J connectivity index is 1.76. The monoisotopic (exact) mass is 480 g/mol. The van der Waals surface area contributed by atoms with Gasteiger partial charge in [-0.1, -0.05) is 64.5 Å². The van der Waals surface area contributed by atoms with Crippen molar-refractivity contribution in [2.75, 3.05) is 18.5 Å². The SMILES string of the molecule is O=C(O[C@H]1[C@H](OCCBr)O[C@H](CO)[C@@H](OCc2ccccc2)[C@@H]1O)c1ccccc1. The summed E-state index contributed by atoms with van der Waals surface area (Å²) in [6, 6.07) is 17.9. The zero-order valence-electron chi connectivity index (χ0n) is 16.3. The van der Waals surface area contributed by atoms with Crippen LogP contribution < -0.4 is 0 Å². The molecule has 1 aliphatic rings. The van der Waals surface area contributed by atoms with E-state index in [9.17, 15) is 15.0 Å². The van der Waals surface area contributed by atoms with Crippen molar-refractivity contribution in [2.45, 2.75) is 37.3 Å². The van der Waals surface area contributed by atoms with E-state index in [1.165, 1.54) is 0 Å². The lowest BCUT2D eigenvalue weighted by atomic mass is 9.98. The van der Waals surface area contributed by atoms with Crippen molar-refractivity contribution in [1.82, 2.24) is 0 Å². The van der Waals surface area contributed by atoms with Crippen molar-refractivity contribution in [2.24, 2.45) is 0 Å². The Morgan fingerprint density at radius 1 is 1.00 bits per heavy atom. The third-order valence-corrected chi connectivity index (χ3v) is 5.02. The minimum atomic E-state index is -1.26. The summed E-state index contributed by atoms with van der Waals surface area (Å²) in [5.41, 5.74) is 1.24. The zero-order chi connectivity index (χ0) is 21.3. The molecule has 2 aromatic carbocycles. The predicted molar refractivity (Wildman–Crippen MR) is 112 cm³/mol. The van der Waals surface area contributed by atoms with Crippen molar-refractivity contribution in [3.05, 3.63) is 71.8 Å². The number of carbonyl (C=O) groups is 1. The number of halogens is 1. The van der Waals surface area contributed by atoms with Crippen LogP contribution in [0.15, 0.2) is 60.7 Å².